The van der Waals surface area contributed by atoms with Gasteiger partial charge in [0.05, 0.1) is 12.5 Å². The maximum absolute atomic E-state index is 12.4. The lowest BCUT2D eigenvalue weighted by Gasteiger charge is -2.30. The minimum Gasteiger partial charge on any atom is -0.481 e. The first kappa shape index (κ1) is 14.8. The van der Waals surface area contributed by atoms with Crippen molar-refractivity contribution in [2.24, 2.45) is 11.8 Å². The number of aliphatic carboxylic acids is 1. The number of rotatable bonds is 3. The largest absolute Gasteiger partial charge is 0.481 e. The molecule has 0 spiro atoms. The number of hydrogen-bond acceptors (Lipinski definition) is 3. The van der Waals surface area contributed by atoms with Gasteiger partial charge in [0.1, 0.15) is 0 Å². The van der Waals surface area contributed by atoms with Gasteiger partial charge in [-0.25, -0.2) is 4.79 Å². The van der Waals surface area contributed by atoms with E-state index in [0.29, 0.717) is 32.8 Å². The summed E-state index contributed by atoms with van der Waals surface area (Å²) in [4.78, 5) is 26.9. The lowest BCUT2D eigenvalue weighted by Crippen LogP contribution is -2.44. The van der Waals surface area contributed by atoms with E-state index in [9.17, 15) is 9.59 Å². The molecule has 0 aromatic carbocycles. The lowest BCUT2D eigenvalue weighted by atomic mass is 9.99. The predicted molar refractivity (Wildman–Crippen MR) is 73.4 cm³/mol. The van der Waals surface area contributed by atoms with Crippen molar-refractivity contribution in [1.29, 1.82) is 0 Å². The number of hydrogen-bond donors (Lipinski definition) is 1. The van der Waals surface area contributed by atoms with Gasteiger partial charge in [0.2, 0.25) is 0 Å². The molecule has 2 rings (SSSR count). The van der Waals surface area contributed by atoms with E-state index in [1.54, 1.807) is 16.9 Å². The summed E-state index contributed by atoms with van der Waals surface area (Å²) < 4.78 is 5.08. The van der Waals surface area contributed by atoms with Crippen LogP contribution in [0, 0.1) is 11.8 Å². The molecule has 2 atom stereocenters. The molecule has 1 saturated heterocycles. The zero-order chi connectivity index (χ0) is 14.7. The van der Waals surface area contributed by atoms with E-state index in [1.165, 1.54) is 5.57 Å². The summed E-state index contributed by atoms with van der Waals surface area (Å²) >= 11 is 0. The van der Waals surface area contributed by atoms with Crippen LogP contribution < -0.4 is 0 Å². The van der Waals surface area contributed by atoms with Crippen molar-refractivity contribution in [2.45, 2.75) is 13.3 Å². The molecule has 0 saturated carbocycles. The van der Waals surface area contributed by atoms with Crippen molar-refractivity contribution in [3.63, 3.8) is 0 Å². The third-order valence-electron chi connectivity index (χ3n) is 4.10. The molecular formula is C14H22N2O4. The van der Waals surface area contributed by atoms with Crippen LogP contribution in [0.5, 0.6) is 0 Å². The van der Waals surface area contributed by atoms with Crippen molar-refractivity contribution < 1.29 is 19.4 Å². The Morgan fingerprint density at radius 1 is 1.40 bits per heavy atom. The number of ether oxygens (including phenoxy) is 1. The van der Waals surface area contributed by atoms with Crippen LogP contribution in [-0.4, -0.2) is 66.8 Å². The Morgan fingerprint density at radius 3 is 2.65 bits per heavy atom. The van der Waals surface area contributed by atoms with Gasteiger partial charge in [0, 0.05) is 33.3 Å². The average molecular weight is 282 g/mol. The second-order valence-corrected chi connectivity index (χ2v) is 5.60. The van der Waals surface area contributed by atoms with Crippen molar-refractivity contribution in [3.8, 4) is 0 Å². The highest BCUT2D eigenvalue weighted by atomic mass is 16.5. The first-order valence-corrected chi connectivity index (χ1v) is 6.96. The van der Waals surface area contributed by atoms with Gasteiger partial charge in [0.15, 0.2) is 0 Å². The molecule has 2 amide bonds. The Hall–Kier alpha value is -1.56. The van der Waals surface area contributed by atoms with Crippen LogP contribution in [0.1, 0.15) is 13.3 Å². The Balaban J connectivity index is 1.92. The number of carbonyl (C=O) groups excluding carboxylic acids is 1. The Labute approximate surface area is 119 Å². The summed E-state index contributed by atoms with van der Waals surface area (Å²) in [6.45, 7) is 4.61. The molecule has 1 N–H and O–H groups in total. The van der Waals surface area contributed by atoms with Crippen LogP contribution in [0.15, 0.2) is 11.6 Å². The first-order chi connectivity index (χ1) is 9.52. The van der Waals surface area contributed by atoms with Crippen molar-refractivity contribution >= 4 is 12.0 Å². The summed E-state index contributed by atoms with van der Waals surface area (Å²) in [6, 6.07) is -0.0479. The fourth-order valence-corrected chi connectivity index (χ4v) is 2.85. The zero-order valence-electron chi connectivity index (χ0n) is 12.0. The van der Waals surface area contributed by atoms with E-state index in [2.05, 4.69) is 0 Å². The van der Waals surface area contributed by atoms with Crippen LogP contribution in [-0.2, 0) is 9.53 Å². The van der Waals surface area contributed by atoms with Crippen molar-refractivity contribution in [2.75, 3.05) is 39.9 Å². The molecule has 6 nitrogen and oxygen atoms in total. The number of amides is 2. The summed E-state index contributed by atoms with van der Waals surface area (Å²) in [5.74, 6) is -1.24. The molecule has 2 aliphatic heterocycles. The van der Waals surface area contributed by atoms with Gasteiger partial charge in [-0.15, -0.1) is 0 Å². The van der Waals surface area contributed by atoms with Gasteiger partial charge in [-0.05, 0) is 17.9 Å². The molecule has 20 heavy (non-hydrogen) atoms. The van der Waals surface area contributed by atoms with Gasteiger partial charge >= 0.3 is 12.0 Å². The number of methoxy groups -OCH3 is 1. The molecule has 2 aliphatic rings. The van der Waals surface area contributed by atoms with Gasteiger partial charge in [-0.2, -0.15) is 0 Å². The highest BCUT2D eigenvalue weighted by Gasteiger charge is 2.38. The van der Waals surface area contributed by atoms with Crippen LogP contribution in [0.4, 0.5) is 4.79 Å². The van der Waals surface area contributed by atoms with E-state index in [1.807, 2.05) is 13.0 Å². The third-order valence-corrected chi connectivity index (χ3v) is 4.10. The highest BCUT2D eigenvalue weighted by Crippen LogP contribution is 2.25. The number of urea groups is 1. The highest BCUT2D eigenvalue weighted by molar-refractivity contribution is 5.78. The normalized spacial score (nSPS) is 26.6. The molecule has 0 aromatic rings. The maximum atomic E-state index is 12.4. The average Bonchev–Trinajstić information content (AvgIpc) is 2.81. The Kier molecular flexibility index (Phi) is 4.65. The van der Waals surface area contributed by atoms with E-state index >= 15 is 0 Å². The second kappa shape index (κ2) is 6.26. The quantitative estimate of drug-likeness (QED) is 0.785. The topological polar surface area (TPSA) is 70.1 Å². The number of likely N-dealkylation sites (tertiary alicyclic amines) is 1. The van der Waals surface area contributed by atoms with Crippen molar-refractivity contribution in [1.82, 2.24) is 9.80 Å². The smallest absolute Gasteiger partial charge is 0.320 e. The monoisotopic (exact) mass is 282 g/mol. The van der Waals surface area contributed by atoms with E-state index < -0.39 is 11.9 Å². The van der Waals surface area contributed by atoms with E-state index in [-0.39, 0.29) is 11.9 Å². The minimum absolute atomic E-state index is 0.0147. The molecule has 0 radical (unpaired) electrons. The Morgan fingerprint density at radius 2 is 2.15 bits per heavy atom. The number of carboxylic acid groups (broad SMARTS) is 1. The molecule has 112 valence electrons. The van der Waals surface area contributed by atoms with Crippen LogP contribution in [0.3, 0.4) is 0 Å². The zero-order valence-corrected chi connectivity index (χ0v) is 12.0. The standard InChI is InChI=1S/C14H22N2O4/c1-10-7-16(8-12(10)13(17)18)14(19)15-5-3-11(4-6-15)9-20-2/h3,10,12H,4-9H2,1-2H3,(H,17,18)/t10-,12-/m1/s1. The molecule has 0 aliphatic carbocycles. The number of nitrogens with zero attached hydrogens (tertiary/aromatic N) is 2. The fraction of sp³-hybridized carbons (Fsp3) is 0.714. The number of carboxylic acids is 1. The van der Waals surface area contributed by atoms with Gasteiger partial charge in [-0.1, -0.05) is 13.0 Å². The lowest BCUT2D eigenvalue weighted by molar-refractivity contribution is -0.142. The molecule has 0 aromatic heterocycles. The summed E-state index contributed by atoms with van der Waals surface area (Å²) in [5, 5.41) is 9.11. The van der Waals surface area contributed by atoms with Gasteiger partial charge < -0.3 is 19.6 Å². The minimum atomic E-state index is -0.811. The summed E-state index contributed by atoms with van der Waals surface area (Å²) in [6.07, 6.45) is 2.85. The number of carbonyl (C=O) groups is 2. The predicted octanol–water partition coefficient (Wildman–Crippen LogP) is 1.04. The van der Waals surface area contributed by atoms with Gasteiger partial charge in [0.25, 0.3) is 0 Å². The summed E-state index contributed by atoms with van der Waals surface area (Å²) in [5.41, 5.74) is 1.22. The summed E-state index contributed by atoms with van der Waals surface area (Å²) in [7, 11) is 1.66. The van der Waals surface area contributed by atoms with Crippen molar-refractivity contribution in [3.05, 3.63) is 11.6 Å². The molecule has 1 fully saturated rings. The van der Waals surface area contributed by atoms with E-state index in [4.69, 9.17) is 9.84 Å². The molecule has 6 heteroatoms. The molecular weight excluding hydrogens is 260 g/mol. The van der Waals surface area contributed by atoms with Crippen LogP contribution in [0.2, 0.25) is 0 Å². The third kappa shape index (κ3) is 3.12. The fourth-order valence-electron chi connectivity index (χ4n) is 2.85. The van der Waals surface area contributed by atoms with E-state index in [0.717, 1.165) is 6.42 Å². The molecule has 0 unspecified atom stereocenters. The SMILES string of the molecule is COCC1=CCN(C(=O)N2C[C@@H](C)[C@H](C(=O)O)C2)CC1. The van der Waals surface area contributed by atoms with Crippen LogP contribution in [0.25, 0.3) is 0 Å². The maximum Gasteiger partial charge on any atom is 0.320 e. The Bertz CT molecular complexity index is 421. The van der Waals surface area contributed by atoms with Gasteiger partial charge in [-0.3, -0.25) is 4.79 Å². The second-order valence-electron chi connectivity index (χ2n) is 5.60. The first-order valence-electron chi connectivity index (χ1n) is 6.96. The van der Waals surface area contributed by atoms with Crippen LogP contribution >= 0.6 is 0 Å². The molecule has 2 heterocycles. The molecule has 0 bridgehead atoms.